The number of benzene rings is 3. The fraction of sp³-hybridized carbons (Fsp3) is 0.217. The first kappa shape index (κ1) is 20.5. The van der Waals surface area contributed by atoms with Crippen LogP contribution in [-0.2, 0) is 16.0 Å². The Kier molecular flexibility index (Phi) is 6.22. The van der Waals surface area contributed by atoms with Crippen molar-refractivity contribution in [1.29, 1.82) is 0 Å². The van der Waals surface area contributed by atoms with Crippen LogP contribution in [0.4, 0.5) is 14.5 Å². The Morgan fingerprint density at radius 2 is 1.66 bits per heavy atom. The molecule has 0 spiro atoms. The predicted octanol–water partition coefficient (Wildman–Crippen LogP) is 4.44. The number of rotatable bonds is 6. The molecule has 0 aromatic heterocycles. The summed E-state index contributed by atoms with van der Waals surface area (Å²) in [6.45, 7) is 3.60. The number of halogens is 2. The second kappa shape index (κ2) is 8.82. The number of carbonyl (C=O) groups excluding carboxylic acids is 2. The monoisotopic (exact) mass is 396 g/mol. The minimum absolute atomic E-state index is 0.128. The normalized spacial score (nSPS) is 12.0. The smallest absolute Gasteiger partial charge is 0.247 e. The van der Waals surface area contributed by atoms with E-state index in [1.165, 1.54) is 6.07 Å². The Morgan fingerprint density at radius 1 is 0.931 bits per heavy atom. The van der Waals surface area contributed by atoms with Gasteiger partial charge in [0.1, 0.15) is 6.04 Å². The van der Waals surface area contributed by atoms with Crippen molar-refractivity contribution < 1.29 is 18.4 Å². The van der Waals surface area contributed by atoms with Gasteiger partial charge < -0.3 is 10.6 Å². The van der Waals surface area contributed by atoms with Crippen LogP contribution in [0.3, 0.4) is 0 Å². The van der Waals surface area contributed by atoms with Crippen LogP contribution in [0.25, 0.3) is 10.8 Å². The fourth-order valence-corrected chi connectivity index (χ4v) is 3.17. The predicted molar refractivity (Wildman–Crippen MR) is 109 cm³/mol. The second-order valence-electron chi connectivity index (χ2n) is 7.22. The maximum Gasteiger partial charge on any atom is 0.247 e. The molecule has 1 atom stereocenters. The molecule has 2 N–H and O–H groups in total. The van der Waals surface area contributed by atoms with Gasteiger partial charge in [-0.15, -0.1) is 0 Å². The number of hydrogen-bond acceptors (Lipinski definition) is 2. The van der Waals surface area contributed by atoms with Gasteiger partial charge in [0, 0.05) is 11.8 Å². The van der Waals surface area contributed by atoms with Crippen LogP contribution in [0.1, 0.15) is 19.4 Å². The lowest BCUT2D eigenvalue weighted by molar-refractivity contribution is -0.127. The number of hydrogen-bond donors (Lipinski definition) is 2. The van der Waals surface area contributed by atoms with Crippen molar-refractivity contribution in [2.24, 2.45) is 5.92 Å². The van der Waals surface area contributed by atoms with Gasteiger partial charge in [0.05, 0.1) is 6.42 Å². The molecule has 0 saturated heterocycles. The number of amides is 2. The summed E-state index contributed by atoms with van der Waals surface area (Å²) in [5.41, 5.74) is 0.993. The molecule has 3 rings (SSSR count). The van der Waals surface area contributed by atoms with Crippen molar-refractivity contribution in [2.75, 3.05) is 5.32 Å². The molecule has 0 aliphatic rings. The molecule has 0 aliphatic carbocycles. The summed E-state index contributed by atoms with van der Waals surface area (Å²) in [5, 5.41) is 7.31. The number of fused-ring (bicyclic) bond motifs is 1. The van der Waals surface area contributed by atoms with Gasteiger partial charge in [-0.1, -0.05) is 56.3 Å². The molecule has 0 heterocycles. The quantitative estimate of drug-likeness (QED) is 0.647. The first-order valence-electron chi connectivity index (χ1n) is 9.37. The third-order valence-electron chi connectivity index (χ3n) is 4.68. The molecule has 29 heavy (non-hydrogen) atoms. The highest BCUT2D eigenvalue weighted by molar-refractivity contribution is 5.98. The summed E-state index contributed by atoms with van der Waals surface area (Å²) in [6.07, 6.45) is 0.128. The first-order chi connectivity index (χ1) is 13.8. The molecular formula is C23H22F2N2O2. The fourth-order valence-electron chi connectivity index (χ4n) is 3.17. The topological polar surface area (TPSA) is 58.2 Å². The largest absolute Gasteiger partial charge is 0.344 e. The van der Waals surface area contributed by atoms with Gasteiger partial charge >= 0.3 is 0 Å². The average molecular weight is 396 g/mol. The maximum absolute atomic E-state index is 13.4. The molecule has 4 nitrogen and oxygen atoms in total. The Morgan fingerprint density at radius 3 is 2.38 bits per heavy atom. The third-order valence-corrected chi connectivity index (χ3v) is 4.68. The average Bonchev–Trinajstić information content (AvgIpc) is 2.69. The van der Waals surface area contributed by atoms with E-state index in [-0.39, 0.29) is 23.9 Å². The van der Waals surface area contributed by atoms with Crippen LogP contribution in [0.5, 0.6) is 0 Å². The van der Waals surface area contributed by atoms with Gasteiger partial charge in [0.2, 0.25) is 11.8 Å². The molecule has 0 bridgehead atoms. The van der Waals surface area contributed by atoms with Gasteiger partial charge in [0.25, 0.3) is 0 Å². The van der Waals surface area contributed by atoms with Crippen LogP contribution in [0.2, 0.25) is 0 Å². The van der Waals surface area contributed by atoms with E-state index in [0.717, 1.165) is 28.5 Å². The van der Waals surface area contributed by atoms with Crippen LogP contribution in [-0.4, -0.2) is 17.9 Å². The van der Waals surface area contributed by atoms with Crippen molar-refractivity contribution in [3.8, 4) is 0 Å². The van der Waals surface area contributed by atoms with Gasteiger partial charge in [-0.05, 0) is 34.4 Å². The highest BCUT2D eigenvalue weighted by Crippen LogP contribution is 2.19. The summed E-state index contributed by atoms with van der Waals surface area (Å²) in [7, 11) is 0. The lowest BCUT2D eigenvalue weighted by Gasteiger charge is -2.22. The highest BCUT2D eigenvalue weighted by atomic mass is 19.2. The van der Waals surface area contributed by atoms with Crippen molar-refractivity contribution >= 4 is 28.3 Å². The zero-order valence-corrected chi connectivity index (χ0v) is 16.2. The lowest BCUT2D eigenvalue weighted by atomic mass is 10.00. The molecule has 3 aromatic carbocycles. The summed E-state index contributed by atoms with van der Waals surface area (Å²) in [4.78, 5) is 25.2. The van der Waals surface area contributed by atoms with Crippen LogP contribution >= 0.6 is 0 Å². The molecule has 150 valence electrons. The number of carbonyl (C=O) groups is 2. The summed E-state index contributed by atoms with van der Waals surface area (Å²) in [5.74, 6) is -3.02. The van der Waals surface area contributed by atoms with E-state index in [1.807, 2.05) is 42.5 Å². The Balaban J connectivity index is 1.71. The minimum Gasteiger partial charge on any atom is -0.344 e. The minimum atomic E-state index is -1.05. The van der Waals surface area contributed by atoms with E-state index in [4.69, 9.17) is 0 Å². The molecule has 0 saturated carbocycles. The Labute approximate surface area is 167 Å². The van der Waals surface area contributed by atoms with Crippen LogP contribution < -0.4 is 10.6 Å². The van der Waals surface area contributed by atoms with Crippen molar-refractivity contribution in [1.82, 2.24) is 5.32 Å². The molecule has 2 amide bonds. The second-order valence-corrected chi connectivity index (χ2v) is 7.22. The summed E-state index contributed by atoms with van der Waals surface area (Å²) >= 11 is 0. The van der Waals surface area contributed by atoms with Crippen molar-refractivity contribution in [2.45, 2.75) is 26.3 Å². The van der Waals surface area contributed by atoms with Gasteiger partial charge in [-0.2, -0.15) is 0 Å². The third kappa shape index (κ3) is 4.96. The van der Waals surface area contributed by atoms with E-state index < -0.39 is 23.6 Å². The number of anilines is 1. The molecule has 0 unspecified atom stereocenters. The standard InChI is InChI=1S/C23H22F2N2O2/c1-14(2)22(23(29)26-17-10-11-19(24)20(25)13-17)27-21(28)12-16-8-5-7-15-6-3-4-9-18(15)16/h3-11,13-14,22H,12H2,1-2H3,(H,26,29)(H,27,28)/t22-/m0/s1. The van der Waals surface area contributed by atoms with E-state index >= 15 is 0 Å². The zero-order chi connectivity index (χ0) is 21.0. The summed E-state index contributed by atoms with van der Waals surface area (Å²) < 4.78 is 26.4. The summed E-state index contributed by atoms with van der Waals surface area (Å²) in [6, 6.07) is 15.8. The molecule has 0 aliphatic heterocycles. The van der Waals surface area contributed by atoms with Gasteiger partial charge in [0.15, 0.2) is 11.6 Å². The Bertz CT molecular complexity index is 1040. The van der Waals surface area contributed by atoms with E-state index in [1.54, 1.807) is 13.8 Å². The molecule has 0 fully saturated rings. The van der Waals surface area contributed by atoms with Gasteiger partial charge in [-0.25, -0.2) is 8.78 Å². The van der Waals surface area contributed by atoms with Crippen LogP contribution in [0.15, 0.2) is 60.7 Å². The molecule has 0 radical (unpaired) electrons. The highest BCUT2D eigenvalue weighted by Gasteiger charge is 2.24. The van der Waals surface area contributed by atoms with Crippen molar-refractivity contribution in [3.63, 3.8) is 0 Å². The number of nitrogens with one attached hydrogen (secondary N) is 2. The molecule has 3 aromatic rings. The SMILES string of the molecule is CC(C)[C@H](NC(=O)Cc1cccc2ccccc12)C(=O)Nc1ccc(F)c(F)c1. The Hall–Kier alpha value is -3.28. The van der Waals surface area contributed by atoms with Crippen molar-refractivity contribution in [3.05, 3.63) is 77.9 Å². The molecule has 6 heteroatoms. The molecular weight excluding hydrogens is 374 g/mol. The van der Waals surface area contributed by atoms with E-state index in [2.05, 4.69) is 10.6 Å². The van der Waals surface area contributed by atoms with Gasteiger partial charge in [-0.3, -0.25) is 9.59 Å². The lowest BCUT2D eigenvalue weighted by Crippen LogP contribution is -2.47. The maximum atomic E-state index is 13.4. The van der Waals surface area contributed by atoms with E-state index in [0.29, 0.717) is 0 Å². The van der Waals surface area contributed by atoms with E-state index in [9.17, 15) is 18.4 Å². The first-order valence-corrected chi connectivity index (χ1v) is 9.37. The zero-order valence-electron chi connectivity index (χ0n) is 16.2. The van der Waals surface area contributed by atoms with Crippen LogP contribution in [0, 0.1) is 17.6 Å².